The molecule has 1 saturated carbocycles. The minimum Gasteiger partial charge on any atom is -0.388 e. The molecule has 2 fully saturated rings. The molecule has 1 aliphatic carbocycles. The topological polar surface area (TPSA) is 65.5 Å². The second-order valence-electron chi connectivity index (χ2n) is 6.75. The highest BCUT2D eigenvalue weighted by molar-refractivity contribution is 6.30. The second-order valence-corrected chi connectivity index (χ2v) is 7.18. The van der Waals surface area contributed by atoms with Gasteiger partial charge in [-0.1, -0.05) is 24.4 Å². The standard InChI is InChI=1S/C17H24ClN3O2/c18-14-3-4-15(19-11-14)21-9-5-13(6-10-21)16(22)20-12-17(23)7-1-2-8-17/h3-4,11,13,23H,1-2,5-10,12H2,(H,20,22). The van der Waals surface area contributed by atoms with Gasteiger partial charge in [0.2, 0.25) is 5.91 Å². The van der Waals surface area contributed by atoms with E-state index in [9.17, 15) is 9.90 Å². The maximum Gasteiger partial charge on any atom is 0.223 e. The number of hydrogen-bond donors (Lipinski definition) is 2. The molecule has 0 aromatic carbocycles. The Hall–Kier alpha value is -1.33. The zero-order valence-corrected chi connectivity index (χ0v) is 14.1. The summed E-state index contributed by atoms with van der Waals surface area (Å²) in [7, 11) is 0. The van der Waals surface area contributed by atoms with E-state index in [-0.39, 0.29) is 11.8 Å². The molecule has 2 N–H and O–H groups in total. The van der Waals surface area contributed by atoms with Crippen molar-refractivity contribution in [3.63, 3.8) is 0 Å². The van der Waals surface area contributed by atoms with Gasteiger partial charge in [0.05, 0.1) is 10.6 Å². The molecule has 1 amide bonds. The lowest BCUT2D eigenvalue weighted by atomic mass is 9.95. The first-order valence-corrected chi connectivity index (χ1v) is 8.80. The maximum absolute atomic E-state index is 12.3. The third kappa shape index (κ3) is 4.15. The van der Waals surface area contributed by atoms with Gasteiger partial charge < -0.3 is 15.3 Å². The monoisotopic (exact) mass is 337 g/mol. The molecule has 0 spiro atoms. The van der Waals surface area contributed by atoms with Gasteiger partial charge in [0.15, 0.2) is 0 Å². The van der Waals surface area contributed by atoms with Crippen molar-refractivity contribution in [1.29, 1.82) is 0 Å². The molecule has 1 aromatic heterocycles. The van der Waals surface area contributed by atoms with Gasteiger partial charge in [0.1, 0.15) is 5.82 Å². The van der Waals surface area contributed by atoms with Crippen LogP contribution in [0, 0.1) is 5.92 Å². The molecule has 2 aliphatic rings. The third-order valence-electron chi connectivity index (χ3n) is 5.03. The van der Waals surface area contributed by atoms with Crippen LogP contribution in [0.15, 0.2) is 18.3 Å². The Labute approximate surface area is 142 Å². The molecule has 0 radical (unpaired) electrons. The van der Waals surface area contributed by atoms with Crippen molar-refractivity contribution in [3.05, 3.63) is 23.4 Å². The predicted octanol–water partition coefficient (Wildman–Crippen LogP) is 2.37. The van der Waals surface area contributed by atoms with Crippen LogP contribution in [-0.4, -0.2) is 41.2 Å². The minimum absolute atomic E-state index is 0.0311. The van der Waals surface area contributed by atoms with E-state index in [1.54, 1.807) is 6.20 Å². The highest BCUT2D eigenvalue weighted by Crippen LogP contribution is 2.29. The van der Waals surface area contributed by atoms with Gasteiger partial charge >= 0.3 is 0 Å². The number of pyridine rings is 1. The van der Waals surface area contributed by atoms with E-state index in [4.69, 9.17) is 11.6 Å². The van der Waals surface area contributed by atoms with Gasteiger partial charge in [-0.25, -0.2) is 4.98 Å². The number of anilines is 1. The largest absolute Gasteiger partial charge is 0.388 e. The number of nitrogens with zero attached hydrogens (tertiary/aromatic N) is 2. The Morgan fingerprint density at radius 1 is 1.35 bits per heavy atom. The Morgan fingerprint density at radius 2 is 2.04 bits per heavy atom. The summed E-state index contributed by atoms with van der Waals surface area (Å²) >= 11 is 5.86. The first-order chi connectivity index (χ1) is 11.1. The average molecular weight is 338 g/mol. The van der Waals surface area contributed by atoms with E-state index in [2.05, 4.69) is 15.2 Å². The molecule has 2 heterocycles. The summed E-state index contributed by atoms with van der Waals surface area (Å²) in [5.41, 5.74) is -0.677. The summed E-state index contributed by atoms with van der Waals surface area (Å²) in [6.45, 7) is 2.03. The van der Waals surface area contributed by atoms with Crippen LogP contribution in [0.1, 0.15) is 38.5 Å². The van der Waals surface area contributed by atoms with Crippen LogP contribution in [0.3, 0.4) is 0 Å². The average Bonchev–Trinajstić information content (AvgIpc) is 3.01. The summed E-state index contributed by atoms with van der Waals surface area (Å²) in [4.78, 5) is 18.8. The van der Waals surface area contributed by atoms with Crippen molar-refractivity contribution in [2.24, 2.45) is 5.92 Å². The van der Waals surface area contributed by atoms with E-state index in [0.29, 0.717) is 11.6 Å². The van der Waals surface area contributed by atoms with E-state index in [1.165, 1.54) is 0 Å². The normalized spacial score (nSPS) is 21.4. The van der Waals surface area contributed by atoms with Crippen LogP contribution < -0.4 is 10.2 Å². The van der Waals surface area contributed by atoms with E-state index in [0.717, 1.165) is 57.4 Å². The quantitative estimate of drug-likeness (QED) is 0.885. The summed E-state index contributed by atoms with van der Waals surface area (Å²) in [5, 5.41) is 13.9. The molecule has 0 bridgehead atoms. The number of rotatable bonds is 4. The van der Waals surface area contributed by atoms with Gasteiger partial charge in [-0.05, 0) is 37.8 Å². The number of piperidine rings is 1. The number of carbonyl (C=O) groups is 1. The zero-order valence-electron chi connectivity index (χ0n) is 13.3. The van der Waals surface area contributed by atoms with Crippen LogP contribution >= 0.6 is 11.6 Å². The summed E-state index contributed by atoms with van der Waals surface area (Å²) in [6.07, 6.45) is 6.99. The molecule has 0 atom stereocenters. The van der Waals surface area contributed by atoms with Gasteiger partial charge in [0.25, 0.3) is 0 Å². The minimum atomic E-state index is -0.677. The van der Waals surface area contributed by atoms with Crippen LogP contribution in [0.2, 0.25) is 5.02 Å². The fourth-order valence-electron chi connectivity index (χ4n) is 3.53. The molecule has 0 unspecified atom stereocenters. The number of aromatic nitrogens is 1. The Kier molecular flexibility index (Phi) is 5.07. The van der Waals surface area contributed by atoms with Crippen molar-refractivity contribution in [1.82, 2.24) is 10.3 Å². The Bertz CT molecular complexity index is 535. The molecular formula is C17H24ClN3O2. The second kappa shape index (κ2) is 7.05. The molecule has 1 aliphatic heterocycles. The smallest absolute Gasteiger partial charge is 0.223 e. The molecule has 5 nitrogen and oxygen atoms in total. The van der Waals surface area contributed by atoms with E-state index >= 15 is 0 Å². The van der Waals surface area contributed by atoms with Gasteiger partial charge in [-0.15, -0.1) is 0 Å². The number of amides is 1. The Balaban J connectivity index is 1.46. The van der Waals surface area contributed by atoms with Crippen LogP contribution in [0.25, 0.3) is 0 Å². The summed E-state index contributed by atoms with van der Waals surface area (Å²) in [6, 6.07) is 3.75. The number of nitrogens with one attached hydrogen (secondary N) is 1. The number of halogens is 1. The predicted molar refractivity (Wildman–Crippen MR) is 90.6 cm³/mol. The van der Waals surface area contributed by atoms with Gasteiger partial charge in [-0.2, -0.15) is 0 Å². The molecule has 1 saturated heterocycles. The molecule has 6 heteroatoms. The third-order valence-corrected chi connectivity index (χ3v) is 5.25. The molecule has 3 rings (SSSR count). The van der Waals surface area contributed by atoms with Crippen molar-refractivity contribution in [3.8, 4) is 0 Å². The first-order valence-electron chi connectivity index (χ1n) is 8.42. The number of aliphatic hydroxyl groups is 1. The lowest BCUT2D eigenvalue weighted by Gasteiger charge is -2.32. The highest BCUT2D eigenvalue weighted by atomic mass is 35.5. The van der Waals surface area contributed by atoms with Gasteiger partial charge in [-0.3, -0.25) is 4.79 Å². The van der Waals surface area contributed by atoms with Crippen molar-refractivity contribution < 1.29 is 9.90 Å². The lowest BCUT2D eigenvalue weighted by Crippen LogP contribution is -2.45. The fourth-order valence-corrected chi connectivity index (χ4v) is 3.64. The van der Waals surface area contributed by atoms with Crippen molar-refractivity contribution in [2.75, 3.05) is 24.5 Å². The fraction of sp³-hybridized carbons (Fsp3) is 0.647. The highest BCUT2D eigenvalue weighted by Gasteiger charge is 2.33. The number of hydrogen-bond acceptors (Lipinski definition) is 4. The van der Waals surface area contributed by atoms with Crippen molar-refractivity contribution in [2.45, 2.75) is 44.1 Å². The molecule has 1 aromatic rings. The molecular weight excluding hydrogens is 314 g/mol. The van der Waals surface area contributed by atoms with Crippen molar-refractivity contribution >= 4 is 23.3 Å². The SMILES string of the molecule is O=C(NCC1(O)CCCC1)C1CCN(c2ccc(Cl)cn2)CC1. The summed E-state index contributed by atoms with van der Waals surface area (Å²) in [5.74, 6) is 1.02. The van der Waals surface area contributed by atoms with Crippen LogP contribution in [0.4, 0.5) is 5.82 Å². The zero-order chi connectivity index (χ0) is 16.3. The van der Waals surface area contributed by atoms with E-state index < -0.39 is 5.60 Å². The van der Waals surface area contributed by atoms with E-state index in [1.807, 2.05) is 12.1 Å². The van der Waals surface area contributed by atoms with Crippen LogP contribution in [-0.2, 0) is 4.79 Å². The molecule has 126 valence electrons. The van der Waals surface area contributed by atoms with Crippen LogP contribution in [0.5, 0.6) is 0 Å². The summed E-state index contributed by atoms with van der Waals surface area (Å²) < 4.78 is 0. The first kappa shape index (κ1) is 16.5. The molecule has 23 heavy (non-hydrogen) atoms. The Morgan fingerprint density at radius 3 is 2.65 bits per heavy atom. The lowest BCUT2D eigenvalue weighted by molar-refractivity contribution is -0.126. The van der Waals surface area contributed by atoms with Gasteiger partial charge in [0, 0.05) is 31.7 Å². The maximum atomic E-state index is 12.3. The number of carbonyl (C=O) groups excluding carboxylic acids is 1.